The van der Waals surface area contributed by atoms with Gasteiger partial charge in [-0.25, -0.2) is 0 Å². The van der Waals surface area contributed by atoms with Crippen LogP contribution in [-0.2, 0) is 4.79 Å². The number of rotatable bonds is 5. The molecule has 0 aliphatic rings. The zero-order valence-corrected chi connectivity index (χ0v) is 6.89. The Balaban J connectivity index is 4.16. The minimum Gasteiger partial charge on any atom is -0.387 e. The summed E-state index contributed by atoms with van der Waals surface area (Å²) < 4.78 is 0. The van der Waals surface area contributed by atoms with E-state index in [0.29, 0.717) is 0 Å². The van der Waals surface area contributed by atoms with Crippen LogP contribution in [0.3, 0.4) is 0 Å². The van der Waals surface area contributed by atoms with Crippen molar-refractivity contribution in [2.75, 3.05) is 0 Å². The third kappa shape index (κ3) is 2.92. The highest BCUT2D eigenvalue weighted by Gasteiger charge is 2.28. The molecule has 0 amide bonds. The predicted molar refractivity (Wildman–Crippen MR) is 43.7 cm³/mol. The zero-order chi connectivity index (χ0) is 9.72. The van der Waals surface area contributed by atoms with Crippen LogP contribution in [0.5, 0.6) is 0 Å². The summed E-state index contributed by atoms with van der Waals surface area (Å²) in [5.74, 6) is 0. The highest BCUT2D eigenvalue weighted by Crippen LogP contribution is 2.02. The maximum Gasteiger partial charge on any atom is 0.151 e. The van der Waals surface area contributed by atoms with Gasteiger partial charge < -0.3 is 25.2 Å². The highest BCUT2D eigenvalue weighted by atomic mass is 32.1. The van der Waals surface area contributed by atoms with Crippen LogP contribution >= 0.6 is 12.2 Å². The molecule has 70 valence electrons. The lowest BCUT2D eigenvalue weighted by Crippen LogP contribution is -2.45. The summed E-state index contributed by atoms with van der Waals surface area (Å²) in [7, 11) is 0. The summed E-state index contributed by atoms with van der Waals surface area (Å²) in [6.45, 7) is 0. The maximum atomic E-state index is 9.92. The fourth-order valence-corrected chi connectivity index (χ4v) is 0.726. The molecular formula is C6H10O5S. The van der Waals surface area contributed by atoms with Gasteiger partial charge in [0.05, 0.1) is 0 Å². The predicted octanol–water partition coefficient (Wildman–Crippen LogP) is -2.37. The molecular weight excluding hydrogens is 184 g/mol. The Morgan fingerprint density at radius 1 is 1.00 bits per heavy atom. The molecule has 0 fully saturated rings. The second-order valence-corrected chi connectivity index (χ2v) is 2.51. The molecule has 0 radical (unpaired) electrons. The molecule has 12 heavy (non-hydrogen) atoms. The lowest BCUT2D eigenvalue weighted by molar-refractivity contribution is -0.129. The number of carbonyl (C=O) groups excluding carboxylic acids is 1. The minimum atomic E-state index is -1.73. The molecule has 4 atom stereocenters. The maximum absolute atomic E-state index is 9.92. The van der Waals surface area contributed by atoms with E-state index in [1.807, 2.05) is 0 Å². The van der Waals surface area contributed by atoms with E-state index < -0.39 is 24.4 Å². The number of aldehydes is 1. The van der Waals surface area contributed by atoms with Gasteiger partial charge in [-0.15, -0.1) is 0 Å². The first-order chi connectivity index (χ1) is 5.54. The quantitative estimate of drug-likeness (QED) is 0.288. The lowest BCUT2D eigenvalue weighted by atomic mass is 10.1. The van der Waals surface area contributed by atoms with Crippen molar-refractivity contribution in [1.82, 2.24) is 0 Å². The second-order valence-electron chi connectivity index (χ2n) is 2.23. The van der Waals surface area contributed by atoms with Crippen LogP contribution in [0.2, 0.25) is 0 Å². The summed E-state index contributed by atoms with van der Waals surface area (Å²) in [5, 5.41) is 36.3. The smallest absolute Gasteiger partial charge is 0.151 e. The second kappa shape index (κ2) is 5.28. The summed E-state index contributed by atoms with van der Waals surface area (Å²) in [6.07, 6.45) is -6.47. The molecule has 0 aromatic carbocycles. The van der Waals surface area contributed by atoms with Gasteiger partial charge in [0.1, 0.15) is 24.4 Å². The van der Waals surface area contributed by atoms with Crippen LogP contribution in [0.4, 0.5) is 0 Å². The Bertz CT molecular complexity index is 144. The van der Waals surface area contributed by atoms with Crippen molar-refractivity contribution in [3.8, 4) is 0 Å². The standard InChI is InChI=1S/C6H10O5S/c7-1-3(8)5(10)6(11)4(9)2-12/h1-6,8-11H/t3-,4?,5+,6+/m0/s1. The largest absolute Gasteiger partial charge is 0.387 e. The van der Waals surface area contributed by atoms with E-state index in [0.717, 1.165) is 5.37 Å². The number of aliphatic hydroxyl groups excluding tert-OH is 4. The lowest BCUT2D eigenvalue weighted by Gasteiger charge is -2.21. The monoisotopic (exact) mass is 194 g/mol. The molecule has 1 unspecified atom stereocenters. The molecule has 0 spiro atoms. The molecule has 0 heterocycles. The van der Waals surface area contributed by atoms with E-state index in [2.05, 4.69) is 12.2 Å². The Hall–Kier alpha value is -0.400. The first-order valence-corrected chi connectivity index (χ1v) is 3.64. The summed E-state index contributed by atoms with van der Waals surface area (Å²) in [6, 6.07) is 0. The van der Waals surface area contributed by atoms with Crippen LogP contribution < -0.4 is 0 Å². The summed E-state index contributed by atoms with van der Waals surface area (Å²) in [5.41, 5.74) is 0. The van der Waals surface area contributed by atoms with Crippen LogP contribution in [0.25, 0.3) is 0 Å². The van der Waals surface area contributed by atoms with Gasteiger partial charge in [-0.05, 0) is 0 Å². The molecule has 0 saturated heterocycles. The van der Waals surface area contributed by atoms with E-state index >= 15 is 0 Å². The topological polar surface area (TPSA) is 98.0 Å². The Morgan fingerprint density at radius 3 is 1.75 bits per heavy atom. The number of thiocarbonyl (C=S) groups is 1. The van der Waals surface area contributed by atoms with Crippen molar-refractivity contribution in [1.29, 1.82) is 0 Å². The molecule has 0 aromatic heterocycles. The van der Waals surface area contributed by atoms with Crippen molar-refractivity contribution >= 4 is 23.9 Å². The van der Waals surface area contributed by atoms with Crippen molar-refractivity contribution < 1.29 is 25.2 Å². The number of aliphatic hydroxyl groups is 4. The summed E-state index contributed by atoms with van der Waals surface area (Å²) in [4.78, 5) is 9.92. The third-order valence-electron chi connectivity index (χ3n) is 1.33. The molecule has 4 N–H and O–H groups in total. The van der Waals surface area contributed by atoms with Crippen LogP contribution in [0, 0.1) is 0 Å². The van der Waals surface area contributed by atoms with E-state index in [-0.39, 0.29) is 6.29 Å². The van der Waals surface area contributed by atoms with Gasteiger partial charge in [-0.1, -0.05) is 12.2 Å². The third-order valence-corrected chi connectivity index (χ3v) is 1.61. The average Bonchev–Trinajstić information content (AvgIpc) is 2.12. The first-order valence-electron chi connectivity index (χ1n) is 3.17. The molecule has 0 bridgehead atoms. The molecule has 6 heteroatoms. The fourth-order valence-electron chi connectivity index (χ4n) is 0.565. The average molecular weight is 194 g/mol. The van der Waals surface area contributed by atoms with Crippen molar-refractivity contribution in [2.24, 2.45) is 0 Å². The number of hydrogen-bond acceptors (Lipinski definition) is 6. The van der Waals surface area contributed by atoms with E-state index in [9.17, 15) is 4.79 Å². The molecule has 0 aliphatic carbocycles. The van der Waals surface area contributed by atoms with Gasteiger partial charge >= 0.3 is 0 Å². The van der Waals surface area contributed by atoms with E-state index in [1.54, 1.807) is 0 Å². The van der Waals surface area contributed by atoms with Gasteiger partial charge in [0.15, 0.2) is 6.29 Å². The van der Waals surface area contributed by atoms with Crippen molar-refractivity contribution in [3.05, 3.63) is 0 Å². The molecule has 0 saturated carbocycles. The first kappa shape index (κ1) is 11.6. The fraction of sp³-hybridized carbons (Fsp3) is 0.667. The van der Waals surface area contributed by atoms with Gasteiger partial charge in [0, 0.05) is 5.37 Å². The Morgan fingerprint density at radius 2 is 1.42 bits per heavy atom. The van der Waals surface area contributed by atoms with Gasteiger partial charge in [0.25, 0.3) is 0 Å². The van der Waals surface area contributed by atoms with Crippen LogP contribution in [-0.4, -0.2) is 56.5 Å². The summed E-state index contributed by atoms with van der Waals surface area (Å²) >= 11 is 4.28. The molecule has 5 nitrogen and oxygen atoms in total. The number of hydrogen-bond donors (Lipinski definition) is 4. The molecule has 0 aromatic rings. The minimum absolute atomic E-state index is 0.0595. The van der Waals surface area contributed by atoms with Crippen molar-refractivity contribution in [3.63, 3.8) is 0 Å². The van der Waals surface area contributed by atoms with Gasteiger partial charge in [0.2, 0.25) is 0 Å². The molecule has 0 rings (SSSR count). The molecule has 0 aliphatic heterocycles. The van der Waals surface area contributed by atoms with Crippen molar-refractivity contribution in [2.45, 2.75) is 24.4 Å². The Kier molecular flexibility index (Phi) is 5.11. The van der Waals surface area contributed by atoms with Crippen LogP contribution in [0.15, 0.2) is 0 Å². The van der Waals surface area contributed by atoms with E-state index in [1.165, 1.54) is 0 Å². The zero-order valence-electron chi connectivity index (χ0n) is 6.07. The van der Waals surface area contributed by atoms with E-state index in [4.69, 9.17) is 20.4 Å². The normalized spacial score (nSPS) is 20.7. The number of carbonyl (C=O) groups is 1. The Labute approximate surface area is 74.3 Å². The van der Waals surface area contributed by atoms with Gasteiger partial charge in [-0.2, -0.15) is 0 Å². The van der Waals surface area contributed by atoms with Gasteiger partial charge in [-0.3, -0.25) is 0 Å². The highest BCUT2D eigenvalue weighted by molar-refractivity contribution is 7.79. The van der Waals surface area contributed by atoms with Crippen LogP contribution in [0.1, 0.15) is 0 Å². The SMILES string of the molecule is O=C[C@H](O)[C@@H](O)[C@H](O)C(O)C=S.